The predicted octanol–water partition coefficient (Wildman–Crippen LogP) is 5.37. The van der Waals surface area contributed by atoms with Crippen molar-refractivity contribution in [2.45, 2.75) is 0 Å². The summed E-state index contributed by atoms with van der Waals surface area (Å²) in [6.07, 6.45) is 0. The van der Waals surface area contributed by atoms with Crippen LogP contribution in [0.15, 0.2) is 84.9 Å². The molecule has 0 aromatic heterocycles. The molecule has 0 atom stereocenters. The van der Waals surface area contributed by atoms with Gasteiger partial charge in [0.05, 0.1) is 5.69 Å². The van der Waals surface area contributed by atoms with Crippen LogP contribution >= 0.6 is 24.4 Å². The van der Waals surface area contributed by atoms with Crippen LogP contribution in [0.2, 0.25) is 0 Å². The topological polar surface area (TPSA) is 15.7 Å². The van der Waals surface area contributed by atoms with E-state index in [0.29, 0.717) is 10.9 Å². The van der Waals surface area contributed by atoms with E-state index in [-0.39, 0.29) is 5.17 Å². The van der Waals surface area contributed by atoms with E-state index in [4.69, 9.17) is 29.2 Å². The van der Waals surface area contributed by atoms with Gasteiger partial charge in [0, 0.05) is 14.1 Å². The number of thiocarbonyl (C=S) groups is 2. The summed E-state index contributed by atoms with van der Waals surface area (Å²) in [5, 5.41) is 0.847. The number of rotatable bonds is 3. The predicted molar refractivity (Wildman–Crippen MR) is 120 cm³/mol. The summed E-state index contributed by atoms with van der Waals surface area (Å²) in [5.74, 6) is 0.669. The maximum atomic E-state index is 5.94. The molecule has 27 heavy (non-hydrogen) atoms. The molecule has 0 bridgehead atoms. The van der Waals surface area contributed by atoms with E-state index in [1.54, 1.807) is 4.90 Å². The first-order valence-corrected chi connectivity index (χ1v) is 9.31. The third kappa shape index (κ3) is 4.70. The van der Waals surface area contributed by atoms with E-state index in [2.05, 4.69) is 12.1 Å². The van der Waals surface area contributed by atoms with Crippen LogP contribution in [-0.4, -0.2) is 29.3 Å². The van der Waals surface area contributed by atoms with Crippen molar-refractivity contribution in [2.24, 2.45) is 0 Å². The smallest absolute Gasteiger partial charge is 0.275 e. The highest BCUT2D eigenvalue weighted by atomic mass is 32.1. The van der Waals surface area contributed by atoms with E-state index < -0.39 is 0 Å². The number of nitrogens with zero attached hydrogens (tertiary/aromatic N) is 2. The van der Waals surface area contributed by atoms with Crippen molar-refractivity contribution in [1.29, 1.82) is 0 Å². The van der Waals surface area contributed by atoms with Crippen molar-refractivity contribution in [3.05, 3.63) is 84.9 Å². The van der Waals surface area contributed by atoms with Gasteiger partial charge in [-0.3, -0.25) is 0 Å². The molecule has 3 aromatic rings. The molecule has 0 heterocycles. The van der Waals surface area contributed by atoms with Crippen LogP contribution in [0.4, 0.5) is 5.69 Å². The lowest BCUT2D eigenvalue weighted by Gasteiger charge is -2.28. The van der Waals surface area contributed by atoms with E-state index in [9.17, 15) is 0 Å². The second-order valence-electron chi connectivity index (χ2n) is 6.11. The average molecular weight is 393 g/mol. The molecule has 0 saturated carbocycles. The molecule has 3 nitrogen and oxygen atoms in total. The summed E-state index contributed by atoms with van der Waals surface area (Å²) in [6, 6.07) is 27.8. The molecule has 0 unspecified atom stereocenters. The van der Waals surface area contributed by atoms with Gasteiger partial charge >= 0.3 is 0 Å². The monoisotopic (exact) mass is 392 g/mol. The Kier molecular flexibility index (Phi) is 6.16. The quantitative estimate of drug-likeness (QED) is 0.555. The lowest BCUT2D eigenvalue weighted by atomic mass is 10.1. The zero-order chi connectivity index (χ0) is 19.2. The summed E-state index contributed by atoms with van der Waals surface area (Å²) in [5.41, 5.74) is 3.14. The van der Waals surface area contributed by atoms with Gasteiger partial charge in [-0.15, -0.1) is 0 Å². The molecule has 0 N–H and O–H groups in total. The molecule has 0 amide bonds. The Morgan fingerprint density at radius 2 is 1.22 bits per heavy atom. The van der Waals surface area contributed by atoms with Gasteiger partial charge in [-0.2, -0.15) is 0 Å². The normalized spacial score (nSPS) is 10.1. The lowest BCUT2D eigenvalue weighted by molar-refractivity contribution is 0.549. The number of hydrogen-bond acceptors (Lipinski definition) is 3. The summed E-state index contributed by atoms with van der Waals surface area (Å²) in [4.78, 5) is 3.58. The van der Waals surface area contributed by atoms with E-state index in [0.717, 1.165) is 16.8 Å². The minimum absolute atomic E-state index is 0.285. The Labute approximate surface area is 170 Å². The summed E-state index contributed by atoms with van der Waals surface area (Å²) in [6.45, 7) is 0. The van der Waals surface area contributed by atoms with Gasteiger partial charge in [0.15, 0.2) is 5.11 Å². The zero-order valence-corrected chi connectivity index (χ0v) is 16.8. The number of para-hydroxylation sites is 1. The standard InChI is InChI=1S/C22H20N2OS2/c1-23(2)21(26)24(19-11-7-4-8-12-19)22(27)25-20-15-13-18(14-16-20)17-9-5-3-6-10-17/h3-16H,1-2H3. The van der Waals surface area contributed by atoms with Crippen LogP contribution in [0, 0.1) is 0 Å². The fraction of sp³-hybridized carbons (Fsp3) is 0.0909. The van der Waals surface area contributed by atoms with Gasteiger partial charge in [-0.25, -0.2) is 4.90 Å². The Morgan fingerprint density at radius 1 is 0.704 bits per heavy atom. The Morgan fingerprint density at radius 3 is 1.78 bits per heavy atom. The molecule has 0 fully saturated rings. The minimum Gasteiger partial charge on any atom is -0.431 e. The second kappa shape index (κ2) is 8.75. The number of ether oxygens (including phenoxy) is 1. The Bertz CT molecular complexity index is 910. The first kappa shape index (κ1) is 19.0. The molecular weight excluding hydrogens is 372 g/mol. The van der Waals surface area contributed by atoms with Crippen LogP contribution in [-0.2, 0) is 0 Å². The molecular formula is C22H20N2OS2. The molecule has 0 aliphatic heterocycles. The van der Waals surface area contributed by atoms with E-state index in [1.807, 2.05) is 91.8 Å². The van der Waals surface area contributed by atoms with Crippen LogP contribution in [0.5, 0.6) is 5.75 Å². The minimum atomic E-state index is 0.285. The van der Waals surface area contributed by atoms with Gasteiger partial charge in [0.2, 0.25) is 0 Å². The molecule has 0 saturated heterocycles. The molecule has 0 spiro atoms. The van der Waals surface area contributed by atoms with Crippen molar-refractivity contribution in [1.82, 2.24) is 4.90 Å². The van der Waals surface area contributed by atoms with Crippen LogP contribution < -0.4 is 9.64 Å². The molecule has 5 heteroatoms. The first-order valence-electron chi connectivity index (χ1n) is 8.50. The van der Waals surface area contributed by atoms with Gasteiger partial charge in [-0.05, 0) is 59.8 Å². The van der Waals surface area contributed by atoms with Crippen molar-refractivity contribution in [3.8, 4) is 16.9 Å². The Hall–Kier alpha value is -2.76. The molecule has 0 aliphatic rings. The third-order valence-electron chi connectivity index (χ3n) is 3.94. The maximum absolute atomic E-state index is 5.94. The van der Waals surface area contributed by atoms with Crippen molar-refractivity contribution in [2.75, 3.05) is 19.0 Å². The lowest BCUT2D eigenvalue weighted by Crippen LogP contribution is -2.44. The van der Waals surface area contributed by atoms with Gasteiger partial charge in [0.25, 0.3) is 5.17 Å². The van der Waals surface area contributed by atoms with Gasteiger partial charge < -0.3 is 9.64 Å². The van der Waals surface area contributed by atoms with Crippen LogP contribution in [0.3, 0.4) is 0 Å². The first-order chi connectivity index (χ1) is 13.1. The highest BCUT2D eigenvalue weighted by Gasteiger charge is 2.20. The fourth-order valence-corrected chi connectivity index (χ4v) is 3.10. The largest absolute Gasteiger partial charge is 0.431 e. The van der Waals surface area contributed by atoms with Gasteiger partial charge in [0.1, 0.15) is 5.75 Å². The van der Waals surface area contributed by atoms with Crippen molar-refractivity contribution in [3.63, 3.8) is 0 Å². The summed E-state index contributed by atoms with van der Waals surface area (Å²) >= 11 is 11.1. The van der Waals surface area contributed by atoms with Crippen LogP contribution in [0.1, 0.15) is 0 Å². The summed E-state index contributed by atoms with van der Waals surface area (Å²) < 4.78 is 5.94. The highest BCUT2D eigenvalue weighted by molar-refractivity contribution is 7.82. The third-order valence-corrected chi connectivity index (χ3v) is 4.75. The number of anilines is 1. The van der Waals surface area contributed by atoms with Gasteiger partial charge in [-0.1, -0.05) is 60.7 Å². The molecule has 3 aromatic carbocycles. The van der Waals surface area contributed by atoms with Crippen LogP contribution in [0.25, 0.3) is 11.1 Å². The van der Waals surface area contributed by atoms with Crippen molar-refractivity contribution >= 4 is 40.4 Å². The Balaban J connectivity index is 1.80. The number of benzene rings is 3. The second-order valence-corrected chi connectivity index (χ2v) is 6.82. The van der Waals surface area contributed by atoms with E-state index >= 15 is 0 Å². The highest BCUT2D eigenvalue weighted by Crippen LogP contribution is 2.23. The number of hydrogen-bond donors (Lipinski definition) is 0. The SMILES string of the molecule is CN(C)C(=S)N(C(=S)Oc1ccc(-c2ccccc2)cc1)c1ccccc1. The van der Waals surface area contributed by atoms with Crippen molar-refractivity contribution < 1.29 is 4.74 Å². The zero-order valence-electron chi connectivity index (χ0n) is 15.2. The summed E-state index contributed by atoms with van der Waals surface area (Å²) in [7, 11) is 3.77. The molecule has 3 rings (SSSR count). The maximum Gasteiger partial charge on any atom is 0.275 e. The fourth-order valence-electron chi connectivity index (χ4n) is 2.56. The average Bonchev–Trinajstić information content (AvgIpc) is 2.70. The molecule has 136 valence electrons. The molecule has 0 radical (unpaired) electrons. The molecule has 0 aliphatic carbocycles. The van der Waals surface area contributed by atoms with E-state index in [1.165, 1.54) is 0 Å².